The molecule has 3 aromatic rings. The molecule has 134 valence electrons. The molecule has 1 aliphatic rings. The molecule has 4 rings (SSSR count). The minimum atomic E-state index is -3.77. The van der Waals surface area contributed by atoms with Crippen LogP contribution in [0.25, 0.3) is 11.4 Å². The molecular weight excluding hydrogens is 357 g/mol. The van der Waals surface area contributed by atoms with Gasteiger partial charge >= 0.3 is 0 Å². The quantitative estimate of drug-likeness (QED) is 0.701. The predicted molar refractivity (Wildman–Crippen MR) is 92.0 cm³/mol. The molecule has 0 N–H and O–H groups in total. The lowest BCUT2D eigenvalue weighted by molar-refractivity contribution is 0.290. The zero-order valence-corrected chi connectivity index (χ0v) is 14.6. The predicted octanol–water partition coefficient (Wildman–Crippen LogP) is 3.40. The second kappa shape index (κ2) is 6.62. The highest BCUT2D eigenvalue weighted by Crippen LogP contribution is 2.36. The average molecular weight is 373 g/mol. The van der Waals surface area contributed by atoms with E-state index in [1.165, 1.54) is 16.4 Å². The van der Waals surface area contributed by atoms with Crippen LogP contribution in [-0.2, 0) is 10.0 Å². The van der Waals surface area contributed by atoms with Gasteiger partial charge in [0.15, 0.2) is 0 Å². The average Bonchev–Trinajstić information content (AvgIpc) is 3.32. The maximum atomic E-state index is 13.1. The van der Waals surface area contributed by atoms with E-state index in [4.69, 9.17) is 4.52 Å². The molecule has 0 saturated carbocycles. The van der Waals surface area contributed by atoms with E-state index in [9.17, 15) is 12.8 Å². The Morgan fingerprint density at radius 3 is 2.54 bits per heavy atom. The standard InChI is InChI=1S/C18H16FN3O3S/c19-14-8-10-15(11-9-14)26(23,24)22-12-4-7-16(22)18-20-17(21-25-18)13-5-2-1-3-6-13/h1-3,5-6,8-11,16H,4,7,12H2. The number of hydrogen-bond donors (Lipinski definition) is 0. The number of benzene rings is 2. The highest BCUT2D eigenvalue weighted by molar-refractivity contribution is 7.89. The van der Waals surface area contributed by atoms with E-state index in [1.54, 1.807) is 0 Å². The third kappa shape index (κ3) is 3.02. The van der Waals surface area contributed by atoms with E-state index in [0.717, 1.165) is 17.7 Å². The Bertz CT molecular complexity index is 1000. The summed E-state index contributed by atoms with van der Waals surface area (Å²) in [6, 6.07) is 13.6. The number of halogens is 1. The van der Waals surface area contributed by atoms with Crippen molar-refractivity contribution in [2.75, 3.05) is 6.54 Å². The van der Waals surface area contributed by atoms with Gasteiger partial charge in [0.1, 0.15) is 11.9 Å². The van der Waals surface area contributed by atoms with Crippen LogP contribution in [0.2, 0.25) is 0 Å². The minimum absolute atomic E-state index is 0.0496. The van der Waals surface area contributed by atoms with Gasteiger partial charge in [0.25, 0.3) is 0 Å². The molecule has 1 aliphatic heterocycles. The van der Waals surface area contributed by atoms with E-state index < -0.39 is 21.9 Å². The van der Waals surface area contributed by atoms with E-state index in [2.05, 4.69) is 10.1 Å². The van der Waals surface area contributed by atoms with Crippen molar-refractivity contribution in [2.24, 2.45) is 0 Å². The van der Waals surface area contributed by atoms with Crippen LogP contribution in [0.4, 0.5) is 4.39 Å². The normalized spacial score (nSPS) is 18.3. The van der Waals surface area contributed by atoms with Crippen molar-refractivity contribution in [3.05, 3.63) is 66.3 Å². The molecule has 6 nitrogen and oxygen atoms in total. The molecule has 1 atom stereocenters. The van der Waals surface area contributed by atoms with Crippen molar-refractivity contribution < 1.29 is 17.3 Å². The summed E-state index contributed by atoms with van der Waals surface area (Å²) < 4.78 is 45.7. The first kappa shape index (κ1) is 16.9. The van der Waals surface area contributed by atoms with Gasteiger partial charge in [0, 0.05) is 12.1 Å². The van der Waals surface area contributed by atoms with Crippen LogP contribution in [0.5, 0.6) is 0 Å². The number of sulfonamides is 1. The fourth-order valence-corrected chi connectivity index (χ4v) is 4.74. The maximum Gasteiger partial charge on any atom is 0.245 e. The smallest absolute Gasteiger partial charge is 0.245 e. The van der Waals surface area contributed by atoms with Crippen molar-refractivity contribution in [3.8, 4) is 11.4 Å². The second-order valence-electron chi connectivity index (χ2n) is 6.05. The van der Waals surface area contributed by atoms with Gasteiger partial charge in [0.2, 0.25) is 21.7 Å². The minimum Gasteiger partial charge on any atom is -0.337 e. The molecule has 0 bridgehead atoms. The van der Waals surface area contributed by atoms with Gasteiger partial charge in [-0.1, -0.05) is 35.5 Å². The van der Waals surface area contributed by atoms with Crippen LogP contribution >= 0.6 is 0 Å². The molecule has 2 heterocycles. The van der Waals surface area contributed by atoms with E-state index in [-0.39, 0.29) is 10.8 Å². The summed E-state index contributed by atoms with van der Waals surface area (Å²) in [5, 5.41) is 3.97. The van der Waals surface area contributed by atoms with E-state index >= 15 is 0 Å². The van der Waals surface area contributed by atoms with Gasteiger partial charge in [-0.25, -0.2) is 12.8 Å². The summed E-state index contributed by atoms with van der Waals surface area (Å²) in [6.07, 6.45) is 1.28. The van der Waals surface area contributed by atoms with Crippen LogP contribution < -0.4 is 0 Å². The number of rotatable bonds is 4. The molecule has 8 heteroatoms. The number of aromatic nitrogens is 2. The molecule has 0 radical (unpaired) electrons. The van der Waals surface area contributed by atoms with Crippen LogP contribution in [0, 0.1) is 5.82 Å². The summed E-state index contributed by atoms with van der Waals surface area (Å²) in [4.78, 5) is 4.44. The molecule has 0 amide bonds. The van der Waals surface area contributed by atoms with Crippen molar-refractivity contribution in [3.63, 3.8) is 0 Å². The Labute approximate surface area is 150 Å². The lowest BCUT2D eigenvalue weighted by Crippen LogP contribution is -2.30. The molecule has 1 aromatic heterocycles. The fourth-order valence-electron chi connectivity index (χ4n) is 3.09. The molecule has 1 saturated heterocycles. The van der Waals surface area contributed by atoms with Gasteiger partial charge in [-0.15, -0.1) is 0 Å². The largest absolute Gasteiger partial charge is 0.337 e. The van der Waals surface area contributed by atoms with Gasteiger partial charge in [-0.3, -0.25) is 0 Å². The summed E-state index contributed by atoms with van der Waals surface area (Å²) in [5.41, 5.74) is 0.799. The second-order valence-corrected chi connectivity index (χ2v) is 7.94. The third-order valence-electron chi connectivity index (χ3n) is 4.38. The Hall–Kier alpha value is -2.58. The van der Waals surface area contributed by atoms with Crippen LogP contribution in [0.1, 0.15) is 24.8 Å². The zero-order valence-electron chi connectivity index (χ0n) is 13.7. The van der Waals surface area contributed by atoms with Crippen molar-refractivity contribution in [1.82, 2.24) is 14.4 Å². The Morgan fingerprint density at radius 1 is 1.08 bits per heavy atom. The lowest BCUT2D eigenvalue weighted by atomic mass is 10.2. The van der Waals surface area contributed by atoms with Crippen molar-refractivity contribution >= 4 is 10.0 Å². The van der Waals surface area contributed by atoms with Crippen molar-refractivity contribution in [1.29, 1.82) is 0 Å². The Balaban J connectivity index is 1.65. The number of hydrogen-bond acceptors (Lipinski definition) is 5. The summed E-state index contributed by atoms with van der Waals surface area (Å²) >= 11 is 0. The van der Waals surface area contributed by atoms with Gasteiger partial charge < -0.3 is 4.52 Å². The van der Waals surface area contributed by atoms with Gasteiger partial charge in [0.05, 0.1) is 4.90 Å². The Morgan fingerprint density at radius 2 is 1.81 bits per heavy atom. The van der Waals surface area contributed by atoms with E-state index in [1.807, 2.05) is 30.3 Å². The lowest BCUT2D eigenvalue weighted by Gasteiger charge is -2.21. The van der Waals surface area contributed by atoms with Crippen LogP contribution in [-0.4, -0.2) is 29.4 Å². The van der Waals surface area contributed by atoms with E-state index in [0.29, 0.717) is 25.2 Å². The molecule has 1 unspecified atom stereocenters. The molecule has 2 aromatic carbocycles. The fraction of sp³-hybridized carbons (Fsp3) is 0.222. The highest BCUT2D eigenvalue weighted by atomic mass is 32.2. The summed E-state index contributed by atoms with van der Waals surface area (Å²) in [7, 11) is -3.77. The van der Waals surface area contributed by atoms with Crippen LogP contribution in [0.15, 0.2) is 64.0 Å². The maximum absolute atomic E-state index is 13.1. The summed E-state index contributed by atoms with van der Waals surface area (Å²) in [6.45, 7) is 0.355. The zero-order chi connectivity index (χ0) is 18.1. The monoisotopic (exact) mass is 373 g/mol. The van der Waals surface area contributed by atoms with Crippen molar-refractivity contribution in [2.45, 2.75) is 23.8 Å². The first-order valence-electron chi connectivity index (χ1n) is 8.22. The molecule has 26 heavy (non-hydrogen) atoms. The topological polar surface area (TPSA) is 76.3 Å². The highest BCUT2D eigenvalue weighted by Gasteiger charge is 2.39. The molecule has 0 spiro atoms. The first-order chi connectivity index (χ1) is 12.6. The Kier molecular flexibility index (Phi) is 4.29. The third-order valence-corrected chi connectivity index (χ3v) is 6.31. The molecular formula is C18H16FN3O3S. The number of nitrogens with zero attached hydrogens (tertiary/aromatic N) is 3. The van der Waals surface area contributed by atoms with Gasteiger partial charge in [-0.2, -0.15) is 9.29 Å². The van der Waals surface area contributed by atoms with Gasteiger partial charge in [-0.05, 0) is 37.1 Å². The SMILES string of the molecule is O=S(=O)(c1ccc(F)cc1)N1CCCC1c1nc(-c2ccccc2)no1. The van der Waals surface area contributed by atoms with Crippen LogP contribution in [0.3, 0.4) is 0 Å². The molecule has 1 fully saturated rings. The first-order valence-corrected chi connectivity index (χ1v) is 9.66. The summed E-state index contributed by atoms with van der Waals surface area (Å²) in [5.74, 6) is 0.213. The molecule has 0 aliphatic carbocycles.